The van der Waals surface area contributed by atoms with Crippen molar-refractivity contribution >= 4 is 33.2 Å². The normalized spacial score (nSPS) is 11.1. The summed E-state index contributed by atoms with van der Waals surface area (Å²) in [6, 6.07) is 21.5. The van der Waals surface area contributed by atoms with E-state index in [-0.39, 0.29) is 12.5 Å². The highest BCUT2D eigenvalue weighted by molar-refractivity contribution is 7.92. The van der Waals surface area contributed by atoms with Crippen molar-refractivity contribution in [2.75, 3.05) is 23.7 Å². The monoisotopic (exact) mass is 486 g/mol. The van der Waals surface area contributed by atoms with Gasteiger partial charge in [0.05, 0.1) is 30.1 Å². The van der Waals surface area contributed by atoms with Crippen LogP contribution in [-0.4, -0.2) is 33.7 Å². The first kappa shape index (κ1) is 24.6. The maximum Gasteiger partial charge on any atom is 0.251 e. The lowest BCUT2D eigenvalue weighted by atomic mass is 10.1. The Labute approximate surface area is 200 Å². The minimum Gasteiger partial charge on any atom is -0.492 e. The number of hydrogen-bond acceptors (Lipinski definition) is 4. The van der Waals surface area contributed by atoms with Crippen molar-refractivity contribution < 1.29 is 17.9 Å². The lowest BCUT2D eigenvalue weighted by Gasteiger charge is -2.23. The van der Waals surface area contributed by atoms with Gasteiger partial charge in [-0.1, -0.05) is 54.9 Å². The summed E-state index contributed by atoms with van der Waals surface area (Å²) < 4.78 is 31.6. The Morgan fingerprint density at radius 1 is 0.970 bits per heavy atom. The van der Waals surface area contributed by atoms with Crippen molar-refractivity contribution in [2.24, 2.45) is 0 Å². The van der Waals surface area contributed by atoms with Crippen LogP contribution >= 0.6 is 11.6 Å². The van der Waals surface area contributed by atoms with Gasteiger partial charge in [-0.2, -0.15) is 0 Å². The van der Waals surface area contributed by atoms with E-state index in [1.54, 1.807) is 48.5 Å². The minimum atomic E-state index is -3.55. The molecular weight excluding hydrogens is 460 g/mol. The smallest absolute Gasteiger partial charge is 0.251 e. The zero-order chi connectivity index (χ0) is 23.8. The van der Waals surface area contributed by atoms with Crippen LogP contribution in [0.2, 0.25) is 5.02 Å². The van der Waals surface area contributed by atoms with Gasteiger partial charge < -0.3 is 10.1 Å². The summed E-state index contributed by atoms with van der Waals surface area (Å²) in [5, 5.41) is 3.17. The maximum absolute atomic E-state index is 12.4. The van der Waals surface area contributed by atoms with E-state index in [1.165, 1.54) is 9.87 Å². The summed E-state index contributed by atoms with van der Waals surface area (Å²) in [6.45, 7) is 2.93. The molecule has 3 aromatic rings. The van der Waals surface area contributed by atoms with E-state index >= 15 is 0 Å². The Kier molecular flexibility index (Phi) is 8.36. The van der Waals surface area contributed by atoms with Gasteiger partial charge in [-0.05, 0) is 53.9 Å². The van der Waals surface area contributed by atoms with Crippen molar-refractivity contribution in [3.05, 3.63) is 94.5 Å². The van der Waals surface area contributed by atoms with Crippen LogP contribution in [0.15, 0.2) is 72.8 Å². The Bertz CT molecular complexity index is 1180. The van der Waals surface area contributed by atoms with E-state index < -0.39 is 10.0 Å². The van der Waals surface area contributed by atoms with E-state index in [0.717, 1.165) is 24.0 Å². The highest BCUT2D eigenvalue weighted by atomic mass is 35.5. The molecule has 0 aromatic heterocycles. The first-order chi connectivity index (χ1) is 15.8. The fourth-order valence-electron chi connectivity index (χ4n) is 3.22. The molecule has 0 radical (unpaired) electrons. The number of carbonyl (C=O) groups is 1. The summed E-state index contributed by atoms with van der Waals surface area (Å²) in [5.41, 5.74) is 2.86. The molecule has 0 fully saturated rings. The number of amides is 1. The number of para-hydroxylation sites is 1. The predicted octanol–water partition coefficient (Wildman–Crippen LogP) is 4.68. The topological polar surface area (TPSA) is 75.7 Å². The van der Waals surface area contributed by atoms with Crippen molar-refractivity contribution in [1.82, 2.24) is 5.32 Å². The summed E-state index contributed by atoms with van der Waals surface area (Å²) in [5.74, 6) is 0.539. The van der Waals surface area contributed by atoms with Gasteiger partial charge in [-0.15, -0.1) is 0 Å². The van der Waals surface area contributed by atoms with Gasteiger partial charge in [-0.25, -0.2) is 8.42 Å². The molecule has 0 heterocycles. The van der Waals surface area contributed by atoms with E-state index in [2.05, 4.69) is 12.2 Å². The van der Waals surface area contributed by atoms with Gasteiger partial charge in [0.1, 0.15) is 12.4 Å². The number of sulfonamides is 1. The standard InChI is InChI=1S/C25H27ClN2O4S/c1-3-19-10-14-22(15-11-19)32-17-16-27-25(29)21-12-8-20(9-13-21)18-28(33(2,30)31)24-7-5-4-6-23(24)26/h4-15H,3,16-18H2,1-2H3,(H,27,29). The number of hydrogen-bond donors (Lipinski definition) is 1. The Morgan fingerprint density at radius 3 is 2.21 bits per heavy atom. The van der Waals surface area contributed by atoms with E-state index in [9.17, 15) is 13.2 Å². The summed E-state index contributed by atoms with van der Waals surface area (Å²) in [4.78, 5) is 12.4. The fourth-order valence-corrected chi connectivity index (χ4v) is 4.41. The van der Waals surface area contributed by atoms with Crippen LogP contribution in [0.25, 0.3) is 0 Å². The number of nitrogens with one attached hydrogen (secondary N) is 1. The highest BCUT2D eigenvalue weighted by Crippen LogP contribution is 2.28. The van der Waals surface area contributed by atoms with Crippen LogP contribution in [0.3, 0.4) is 0 Å². The quantitative estimate of drug-likeness (QED) is 0.422. The molecule has 0 aliphatic rings. The fraction of sp³-hybridized carbons (Fsp3) is 0.240. The molecule has 33 heavy (non-hydrogen) atoms. The average Bonchev–Trinajstić information content (AvgIpc) is 2.81. The van der Waals surface area contributed by atoms with Crippen LogP contribution in [0.1, 0.15) is 28.4 Å². The molecule has 0 aliphatic carbocycles. The molecule has 0 atom stereocenters. The lowest BCUT2D eigenvalue weighted by molar-refractivity contribution is 0.0947. The Balaban J connectivity index is 1.56. The summed E-state index contributed by atoms with van der Waals surface area (Å²) in [7, 11) is -3.55. The SMILES string of the molecule is CCc1ccc(OCCNC(=O)c2ccc(CN(c3ccccc3Cl)S(C)(=O)=O)cc2)cc1. The van der Waals surface area contributed by atoms with E-state index in [1.807, 2.05) is 24.3 Å². The Hall–Kier alpha value is -3.03. The number of carbonyl (C=O) groups excluding carboxylic acids is 1. The van der Waals surface area contributed by atoms with Gasteiger partial charge in [0.15, 0.2) is 0 Å². The third-order valence-electron chi connectivity index (χ3n) is 5.05. The first-order valence-electron chi connectivity index (χ1n) is 10.6. The Morgan fingerprint density at radius 2 is 1.61 bits per heavy atom. The number of benzene rings is 3. The number of ether oxygens (including phenoxy) is 1. The van der Waals surface area contributed by atoms with Crippen LogP contribution in [0.4, 0.5) is 5.69 Å². The summed E-state index contributed by atoms with van der Waals surface area (Å²) in [6.07, 6.45) is 2.11. The van der Waals surface area contributed by atoms with E-state index in [0.29, 0.717) is 29.4 Å². The van der Waals surface area contributed by atoms with E-state index in [4.69, 9.17) is 16.3 Å². The second-order valence-electron chi connectivity index (χ2n) is 7.52. The zero-order valence-electron chi connectivity index (χ0n) is 18.6. The molecule has 0 unspecified atom stereocenters. The highest BCUT2D eigenvalue weighted by Gasteiger charge is 2.20. The van der Waals surface area contributed by atoms with Gasteiger partial charge in [0.25, 0.3) is 5.91 Å². The van der Waals surface area contributed by atoms with Gasteiger partial charge >= 0.3 is 0 Å². The van der Waals surface area contributed by atoms with Crippen LogP contribution < -0.4 is 14.4 Å². The third-order valence-corrected chi connectivity index (χ3v) is 6.50. The molecule has 1 amide bonds. The predicted molar refractivity (Wildman–Crippen MR) is 133 cm³/mol. The molecule has 0 spiro atoms. The second kappa shape index (κ2) is 11.2. The van der Waals surface area contributed by atoms with Crippen molar-refractivity contribution in [3.63, 3.8) is 0 Å². The molecule has 6 nitrogen and oxygen atoms in total. The number of nitrogens with zero attached hydrogens (tertiary/aromatic N) is 1. The molecule has 0 saturated carbocycles. The molecular formula is C25H27ClN2O4S. The lowest BCUT2D eigenvalue weighted by Crippen LogP contribution is -2.30. The van der Waals surface area contributed by atoms with Gasteiger partial charge in [-0.3, -0.25) is 9.10 Å². The molecule has 3 rings (SSSR count). The average molecular weight is 487 g/mol. The molecule has 174 valence electrons. The van der Waals surface area contributed by atoms with Gasteiger partial charge in [0.2, 0.25) is 10.0 Å². The van der Waals surface area contributed by atoms with Gasteiger partial charge in [0, 0.05) is 5.56 Å². The van der Waals surface area contributed by atoms with Crippen LogP contribution in [0.5, 0.6) is 5.75 Å². The zero-order valence-corrected chi connectivity index (χ0v) is 20.2. The molecule has 1 N–H and O–H groups in total. The second-order valence-corrected chi connectivity index (χ2v) is 9.83. The molecule has 3 aromatic carbocycles. The van der Waals surface area contributed by atoms with Crippen LogP contribution in [0, 0.1) is 0 Å². The number of halogens is 1. The third kappa shape index (κ3) is 6.97. The summed E-state index contributed by atoms with van der Waals surface area (Å²) >= 11 is 6.20. The molecule has 0 bridgehead atoms. The largest absolute Gasteiger partial charge is 0.492 e. The molecule has 8 heteroatoms. The molecule has 0 saturated heterocycles. The number of rotatable bonds is 10. The van der Waals surface area contributed by atoms with Crippen molar-refractivity contribution in [1.29, 1.82) is 0 Å². The first-order valence-corrected chi connectivity index (χ1v) is 12.8. The van der Waals surface area contributed by atoms with Crippen molar-refractivity contribution in [3.8, 4) is 5.75 Å². The maximum atomic E-state index is 12.4. The minimum absolute atomic E-state index is 0.106. The molecule has 0 aliphatic heterocycles. The van der Waals surface area contributed by atoms with Crippen LogP contribution in [-0.2, 0) is 23.0 Å². The van der Waals surface area contributed by atoms with Crippen molar-refractivity contribution in [2.45, 2.75) is 19.9 Å². The number of aryl methyl sites for hydroxylation is 1. The number of anilines is 1.